The third-order valence-corrected chi connectivity index (χ3v) is 6.14. The van der Waals surface area contributed by atoms with Crippen molar-refractivity contribution < 1.29 is 22.7 Å². The first-order valence-electron chi connectivity index (χ1n) is 9.58. The summed E-state index contributed by atoms with van der Waals surface area (Å²) < 4.78 is 37.2. The van der Waals surface area contributed by atoms with Crippen LogP contribution in [0.3, 0.4) is 0 Å². The molecular weight excluding hydrogens is 368 g/mol. The highest BCUT2D eigenvalue weighted by atomic mass is 32.2. The fourth-order valence-electron chi connectivity index (χ4n) is 3.18. The van der Waals surface area contributed by atoms with Gasteiger partial charge in [-0.05, 0) is 46.1 Å². The van der Waals surface area contributed by atoms with Crippen LogP contribution in [0, 0.1) is 10.8 Å². The molecule has 0 saturated heterocycles. The van der Waals surface area contributed by atoms with Crippen molar-refractivity contribution in [1.82, 2.24) is 10.0 Å². The van der Waals surface area contributed by atoms with E-state index in [1.54, 1.807) is 0 Å². The standard InChI is InChI=1S/C19H40N2O5S/c1-9-25-12-10-19(6,7)26-13-11-21-16(22)18(4,5)14-17(2,3)15-27(23,24)20-8/h20H,9-15H2,1-8H3,(H,21,22). The first kappa shape index (κ1) is 26.3. The molecule has 0 radical (unpaired) electrons. The number of carbonyl (C=O) groups excluding carboxylic acids is 1. The Labute approximate surface area is 166 Å². The number of amides is 1. The zero-order valence-corrected chi connectivity index (χ0v) is 19.2. The summed E-state index contributed by atoms with van der Waals surface area (Å²) in [7, 11) is -1.93. The second kappa shape index (κ2) is 10.7. The first-order valence-corrected chi connectivity index (χ1v) is 11.2. The second-order valence-corrected chi connectivity index (χ2v) is 10.9. The van der Waals surface area contributed by atoms with E-state index < -0.39 is 20.9 Å². The van der Waals surface area contributed by atoms with Gasteiger partial charge in [-0.25, -0.2) is 13.1 Å². The molecule has 0 aromatic heterocycles. The highest BCUT2D eigenvalue weighted by Crippen LogP contribution is 2.34. The third-order valence-electron chi connectivity index (χ3n) is 4.36. The summed E-state index contributed by atoms with van der Waals surface area (Å²) in [6.07, 6.45) is 1.24. The Balaban J connectivity index is 4.47. The summed E-state index contributed by atoms with van der Waals surface area (Å²) in [5, 5.41) is 2.90. The van der Waals surface area contributed by atoms with Gasteiger partial charge in [-0.15, -0.1) is 0 Å². The van der Waals surface area contributed by atoms with E-state index in [-0.39, 0.29) is 17.3 Å². The fourth-order valence-corrected chi connectivity index (χ4v) is 4.46. The van der Waals surface area contributed by atoms with Crippen molar-refractivity contribution in [3.05, 3.63) is 0 Å². The van der Waals surface area contributed by atoms with Crippen molar-refractivity contribution in [3.8, 4) is 0 Å². The highest BCUT2D eigenvalue weighted by molar-refractivity contribution is 7.89. The third kappa shape index (κ3) is 11.7. The Bertz CT molecular complexity index is 556. The van der Waals surface area contributed by atoms with Crippen LogP contribution in [0.25, 0.3) is 0 Å². The summed E-state index contributed by atoms with van der Waals surface area (Å²) >= 11 is 0. The Morgan fingerprint density at radius 1 is 1.04 bits per heavy atom. The van der Waals surface area contributed by atoms with Crippen LogP contribution in [0.1, 0.15) is 61.3 Å². The molecular formula is C19H40N2O5S. The number of rotatable bonds is 14. The van der Waals surface area contributed by atoms with E-state index in [1.807, 2.05) is 48.5 Å². The Hall–Kier alpha value is -0.700. The van der Waals surface area contributed by atoms with Crippen molar-refractivity contribution in [2.75, 3.05) is 39.2 Å². The molecule has 0 bridgehead atoms. The molecule has 0 aliphatic heterocycles. The lowest BCUT2D eigenvalue weighted by molar-refractivity contribution is -0.131. The van der Waals surface area contributed by atoms with E-state index >= 15 is 0 Å². The maximum atomic E-state index is 12.6. The number of sulfonamides is 1. The van der Waals surface area contributed by atoms with Crippen molar-refractivity contribution in [2.24, 2.45) is 10.8 Å². The monoisotopic (exact) mass is 408 g/mol. The van der Waals surface area contributed by atoms with Gasteiger partial charge >= 0.3 is 0 Å². The van der Waals surface area contributed by atoms with Crippen LogP contribution in [0.2, 0.25) is 0 Å². The molecule has 2 N–H and O–H groups in total. The largest absolute Gasteiger partial charge is 0.382 e. The molecule has 7 nitrogen and oxygen atoms in total. The Morgan fingerprint density at radius 3 is 2.15 bits per heavy atom. The molecule has 0 aliphatic carbocycles. The minimum absolute atomic E-state index is 0.0235. The van der Waals surface area contributed by atoms with Gasteiger partial charge in [-0.3, -0.25) is 4.79 Å². The quantitative estimate of drug-likeness (QED) is 0.430. The van der Waals surface area contributed by atoms with Crippen molar-refractivity contribution in [2.45, 2.75) is 66.9 Å². The average molecular weight is 409 g/mol. The number of carbonyl (C=O) groups is 1. The van der Waals surface area contributed by atoms with E-state index in [9.17, 15) is 13.2 Å². The van der Waals surface area contributed by atoms with Crippen LogP contribution in [-0.2, 0) is 24.3 Å². The maximum Gasteiger partial charge on any atom is 0.225 e. The normalized spacial score (nSPS) is 13.6. The highest BCUT2D eigenvalue weighted by Gasteiger charge is 2.36. The molecule has 8 heteroatoms. The SMILES string of the molecule is CCOCCC(C)(C)OCCNC(=O)C(C)(C)CC(C)(C)CS(=O)(=O)NC. The smallest absolute Gasteiger partial charge is 0.225 e. The number of hydrogen-bond acceptors (Lipinski definition) is 5. The minimum atomic E-state index is -3.33. The lowest BCUT2D eigenvalue weighted by Gasteiger charge is -2.33. The summed E-state index contributed by atoms with van der Waals surface area (Å²) in [6.45, 7) is 15.5. The van der Waals surface area contributed by atoms with Crippen LogP contribution >= 0.6 is 0 Å². The summed E-state index contributed by atoms with van der Waals surface area (Å²) in [5.41, 5.74) is -1.52. The first-order chi connectivity index (χ1) is 12.2. The summed E-state index contributed by atoms with van der Waals surface area (Å²) in [6, 6.07) is 0. The van der Waals surface area contributed by atoms with E-state index in [0.717, 1.165) is 6.42 Å². The zero-order valence-electron chi connectivity index (χ0n) is 18.4. The molecule has 0 spiro atoms. The van der Waals surface area contributed by atoms with Gasteiger partial charge in [0.25, 0.3) is 0 Å². The Kier molecular flexibility index (Phi) is 10.5. The maximum absolute atomic E-state index is 12.6. The van der Waals surface area contributed by atoms with Gasteiger partial charge in [0.15, 0.2) is 0 Å². The molecule has 0 aromatic carbocycles. The zero-order chi connectivity index (χ0) is 21.4. The average Bonchev–Trinajstić information content (AvgIpc) is 2.49. The predicted octanol–water partition coefficient (Wildman–Crippen LogP) is 2.32. The van der Waals surface area contributed by atoms with Gasteiger partial charge in [0, 0.05) is 25.2 Å². The van der Waals surface area contributed by atoms with Gasteiger partial charge < -0.3 is 14.8 Å². The lowest BCUT2D eigenvalue weighted by Crippen LogP contribution is -2.43. The van der Waals surface area contributed by atoms with Crippen LogP contribution in [0.4, 0.5) is 0 Å². The van der Waals surface area contributed by atoms with Gasteiger partial charge in [-0.1, -0.05) is 27.7 Å². The van der Waals surface area contributed by atoms with Crippen LogP contribution < -0.4 is 10.0 Å². The number of nitrogens with one attached hydrogen (secondary N) is 2. The van der Waals surface area contributed by atoms with Crippen molar-refractivity contribution in [3.63, 3.8) is 0 Å². The lowest BCUT2D eigenvalue weighted by atomic mass is 9.75. The van der Waals surface area contributed by atoms with Gasteiger partial charge in [0.2, 0.25) is 15.9 Å². The van der Waals surface area contributed by atoms with Crippen molar-refractivity contribution in [1.29, 1.82) is 0 Å². The molecule has 1 amide bonds. The van der Waals surface area contributed by atoms with E-state index in [0.29, 0.717) is 32.8 Å². The molecule has 162 valence electrons. The molecule has 0 atom stereocenters. The summed E-state index contributed by atoms with van der Waals surface area (Å²) in [4.78, 5) is 12.6. The summed E-state index contributed by atoms with van der Waals surface area (Å²) in [5.74, 6) is -0.127. The van der Waals surface area contributed by atoms with Crippen LogP contribution in [0.15, 0.2) is 0 Å². The van der Waals surface area contributed by atoms with Crippen LogP contribution in [-0.4, -0.2) is 59.1 Å². The molecule has 0 saturated carbocycles. The van der Waals surface area contributed by atoms with E-state index in [4.69, 9.17) is 9.47 Å². The minimum Gasteiger partial charge on any atom is -0.382 e. The molecule has 0 aromatic rings. The van der Waals surface area contributed by atoms with E-state index in [2.05, 4.69) is 10.0 Å². The molecule has 0 unspecified atom stereocenters. The molecule has 0 heterocycles. The predicted molar refractivity (Wildman–Crippen MR) is 109 cm³/mol. The Morgan fingerprint density at radius 2 is 1.63 bits per heavy atom. The van der Waals surface area contributed by atoms with Gasteiger partial charge in [0.05, 0.1) is 18.0 Å². The molecule has 0 aliphatic rings. The molecule has 0 rings (SSSR count). The second-order valence-electron chi connectivity index (χ2n) is 9.00. The molecule has 27 heavy (non-hydrogen) atoms. The van der Waals surface area contributed by atoms with Gasteiger partial charge in [0.1, 0.15) is 0 Å². The van der Waals surface area contributed by atoms with Crippen molar-refractivity contribution >= 4 is 15.9 Å². The fraction of sp³-hybridized carbons (Fsp3) is 0.947. The number of hydrogen-bond donors (Lipinski definition) is 2. The molecule has 0 fully saturated rings. The van der Waals surface area contributed by atoms with Gasteiger partial charge in [-0.2, -0.15) is 0 Å². The topological polar surface area (TPSA) is 93.7 Å². The van der Waals surface area contributed by atoms with E-state index in [1.165, 1.54) is 7.05 Å². The van der Waals surface area contributed by atoms with Crippen LogP contribution in [0.5, 0.6) is 0 Å². The number of ether oxygens (including phenoxy) is 2.